The number of rotatable bonds is 1. The summed E-state index contributed by atoms with van der Waals surface area (Å²) in [5, 5.41) is 9.93. The van der Waals surface area contributed by atoms with Gasteiger partial charge < -0.3 is 14.6 Å². The quantitative estimate of drug-likeness (QED) is 0.600. The van der Waals surface area contributed by atoms with E-state index in [0.29, 0.717) is 6.61 Å². The number of aromatic amines is 1. The van der Waals surface area contributed by atoms with Gasteiger partial charge in [0.25, 0.3) is 5.56 Å². The highest BCUT2D eigenvalue weighted by atomic mass is 16.8. The van der Waals surface area contributed by atoms with Gasteiger partial charge in [0, 0.05) is 18.2 Å². The van der Waals surface area contributed by atoms with Crippen molar-refractivity contribution in [1.82, 2.24) is 9.55 Å². The molecule has 0 aromatic carbocycles. The Kier molecular flexibility index (Phi) is 2.07. The van der Waals surface area contributed by atoms with Gasteiger partial charge in [0.1, 0.15) is 18.9 Å². The summed E-state index contributed by atoms with van der Waals surface area (Å²) < 4.78 is 11.9. The Morgan fingerprint density at radius 3 is 2.82 bits per heavy atom. The molecular formula is C10H12N2O5. The number of hydrogen-bond donors (Lipinski definition) is 2. The van der Waals surface area contributed by atoms with Crippen molar-refractivity contribution in [3.63, 3.8) is 0 Å². The molecule has 1 spiro atoms. The lowest BCUT2D eigenvalue weighted by Crippen LogP contribution is -2.33. The summed E-state index contributed by atoms with van der Waals surface area (Å²) in [6.07, 6.45) is -0.0422. The van der Waals surface area contributed by atoms with Crippen molar-refractivity contribution >= 4 is 0 Å². The highest BCUT2D eigenvalue weighted by Gasteiger charge is 2.63. The molecule has 4 atom stereocenters. The van der Waals surface area contributed by atoms with Gasteiger partial charge in [0.2, 0.25) is 5.79 Å². The van der Waals surface area contributed by atoms with Crippen molar-refractivity contribution in [2.24, 2.45) is 5.92 Å². The number of epoxide rings is 1. The molecule has 0 saturated carbocycles. The molecule has 7 nitrogen and oxygen atoms in total. The van der Waals surface area contributed by atoms with Crippen LogP contribution >= 0.6 is 0 Å². The van der Waals surface area contributed by atoms with E-state index in [1.807, 2.05) is 0 Å². The maximum atomic E-state index is 11.6. The second kappa shape index (κ2) is 3.28. The van der Waals surface area contributed by atoms with Crippen molar-refractivity contribution < 1.29 is 14.6 Å². The number of nitrogens with one attached hydrogen (secondary N) is 1. The van der Waals surface area contributed by atoms with Gasteiger partial charge in [0.05, 0.1) is 0 Å². The Labute approximate surface area is 95.6 Å². The third kappa shape index (κ3) is 1.47. The molecule has 92 valence electrons. The Morgan fingerprint density at radius 2 is 2.29 bits per heavy atom. The molecule has 2 saturated heterocycles. The Bertz CT molecular complexity index is 558. The van der Waals surface area contributed by atoms with Crippen molar-refractivity contribution in [2.75, 3.05) is 6.61 Å². The molecule has 3 rings (SSSR count). The molecule has 2 aliphatic heterocycles. The van der Waals surface area contributed by atoms with Crippen LogP contribution in [0.25, 0.3) is 0 Å². The van der Waals surface area contributed by atoms with Crippen molar-refractivity contribution in [3.05, 3.63) is 33.1 Å². The minimum Gasteiger partial charge on any atom is -0.387 e. The van der Waals surface area contributed by atoms with E-state index < -0.39 is 29.4 Å². The van der Waals surface area contributed by atoms with Crippen LogP contribution in [0.5, 0.6) is 0 Å². The summed E-state index contributed by atoms with van der Waals surface area (Å²) in [6.45, 7) is 2.09. The van der Waals surface area contributed by atoms with Crippen LogP contribution in [0, 0.1) is 5.92 Å². The summed E-state index contributed by atoms with van der Waals surface area (Å²) >= 11 is 0. The van der Waals surface area contributed by atoms with Gasteiger partial charge in [-0.05, 0) is 0 Å². The van der Waals surface area contributed by atoms with Crippen LogP contribution in [0.3, 0.4) is 0 Å². The number of aliphatic hydroxyl groups excluding tert-OH is 1. The first kappa shape index (κ1) is 10.7. The lowest BCUT2D eigenvalue weighted by molar-refractivity contribution is -0.0985. The molecular weight excluding hydrogens is 228 g/mol. The van der Waals surface area contributed by atoms with Crippen LogP contribution in [0.15, 0.2) is 21.9 Å². The van der Waals surface area contributed by atoms with Gasteiger partial charge in [-0.1, -0.05) is 6.92 Å². The van der Waals surface area contributed by atoms with Gasteiger partial charge in [-0.15, -0.1) is 0 Å². The maximum Gasteiger partial charge on any atom is 0.330 e. The largest absolute Gasteiger partial charge is 0.387 e. The van der Waals surface area contributed by atoms with E-state index in [2.05, 4.69) is 4.98 Å². The molecule has 1 aromatic rings. The summed E-state index contributed by atoms with van der Waals surface area (Å²) in [6, 6.07) is 1.24. The number of ether oxygens (including phenoxy) is 2. The summed E-state index contributed by atoms with van der Waals surface area (Å²) in [5.41, 5.74) is -1.02. The minimum absolute atomic E-state index is 0.291. The Balaban J connectivity index is 2.00. The van der Waals surface area contributed by atoms with E-state index in [9.17, 15) is 14.7 Å². The molecule has 0 aliphatic carbocycles. The van der Waals surface area contributed by atoms with Crippen LogP contribution in [-0.4, -0.2) is 33.2 Å². The van der Waals surface area contributed by atoms with Crippen molar-refractivity contribution in [3.8, 4) is 0 Å². The zero-order chi connectivity index (χ0) is 12.2. The van der Waals surface area contributed by atoms with Crippen molar-refractivity contribution in [1.29, 1.82) is 0 Å². The lowest BCUT2D eigenvalue weighted by atomic mass is 10.0. The third-order valence-corrected chi connectivity index (χ3v) is 3.27. The smallest absolute Gasteiger partial charge is 0.330 e. The van der Waals surface area contributed by atoms with Gasteiger partial charge in [-0.3, -0.25) is 14.3 Å². The van der Waals surface area contributed by atoms with Crippen LogP contribution in [-0.2, 0) is 9.47 Å². The number of aromatic nitrogens is 2. The van der Waals surface area contributed by atoms with Crippen LogP contribution in [0.4, 0.5) is 0 Å². The topological polar surface area (TPSA) is 96.9 Å². The predicted molar refractivity (Wildman–Crippen MR) is 55.3 cm³/mol. The second-order valence-corrected chi connectivity index (χ2v) is 4.43. The van der Waals surface area contributed by atoms with Gasteiger partial charge in [-0.2, -0.15) is 0 Å². The predicted octanol–water partition coefficient (Wildman–Crippen LogP) is -1.21. The van der Waals surface area contributed by atoms with Gasteiger partial charge in [-0.25, -0.2) is 4.79 Å². The second-order valence-electron chi connectivity index (χ2n) is 4.43. The van der Waals surface area contributed by atoms with E-state index in [1.54, 1.807) is 6.92 Å². The lowest BCUT2D eigenvalue weighted by Gasteiger charge is -2.16. The third-order valence-electron chi connectivity index (χ3n) is 3.27. The summed E-state index contributed by atoms with van der Waals surface area (Å²) in [5.74, 6) is -1.25. The average Bonchev–Trinajstić information content (AvgIpc) is 3.01. The molecule has 1 aromatic heterocycles. The zero-order valence-corrected chi connectivity index (χ0v) is 9.12. The number of nitrogens with zero attached hydrogens (tertiary/aromatic N) is 1. The Hall–Kier alpha value is -1.44. The van der Waals surface area contributed by atoms with Crippen LogP contribution in [0.2, 0.25) is 0 Å². The van der Waals surface area contributed by atoms with E-state index in [0.717, 1.165) is 0 Å². The molecule has 3 heterocycles. The molecule has 4 unspecified atom stereocenters. The molecule has 7 heteroatoms. The van der Waals surface area contributed by atoms with E-state index >= 15 is 0 Å². The molecule has 0 radical (unpaired) electrons. The minimum atomic E-state index is -0.959. The number of hydrogen-bond acceptors (Lipinski definition) is 5. The maximum absolute atomic E-state index is 11.6. The molecule has 2 fully saturated rings. The number of H-pyrrole nitrogens is 1. The molecule has 17 heavy (non-hydrogen) atoms. The van der Waals surface area contributed by atoms with E-state index in [1.165, 1.54) is 16.8 Å². The first-order valence-corrected chi connectivity index (χ1v) is 5.35. The highest BCUT2D eigenvalue weighted by molar-refractivity contribution is 5.01. The average molecular weight is 240 g/mol. The SMILES string of the molecule is CC1C(n2ccc(=O)[nH]c2=O)OC2(CO2)C1O. The zero-order valence-electron chi connectivity index (χ0n) is 9.12. The van der Waals surface area contributed by atoms with Gasteiger partial charge >= 0.3 is 5.69 Å². The normalized spacial score (nSPS) is 39.8. The fraction of sp³-hybridized carbons (Fsp3) is 0.600. The number of aliphatic hydroxyl groups is 1. The highest BCUT2D eigenvalue weighted by Crippen LogP contribution is 2.48. The fourth-order valence-corrected chi connectivity index (χ4v) is 2.19. The van der Waals surface area contributed by atoms with Gasteiger partial charge in [0.15, 0.2) is 0 Å². The first-order chi connectivity index (χ1) is 8.03. The van der Waals surface area contributed by atoms with Crippen LogP contribution in [0.1, 0.15) is 13.2 Å². The molecule has 0 amide bonds. The summed E-state index contributed by atoms with van der Waals surface area (Å²) in [4.78, 5) is 24.7. The van der Waals surface area contributed by atoms with E-state index in [-0.39, 0.29) is 5.92 Å². The molecule has 2 N–H and O–H groups in total. The fourth-order valence-electron chi connectivity index (χ4n) is 2.19. The molecule has 0 bridgehead atoms. The monoisotopic (exact) mass is 240 g/mol. The molecule has 2 aliphatic rings. The summed E-state index contributed by atoms with van der Waals surface area (Å²) in [7, 11) is 0. The van der Waals surface area contributed by atoms with Crippen LogP contribution < -0.4 is 11.2 Å². The standard InChI is InChI=1S/C10H12N2O5/c1-5-7(14)10(4-16-10)17-8(5)12-3-2-6(13)11-9(12)15/h2-3,5,7-8,14H,4H2,1H3,(H,11,13,15). The van der Waals surface area contributed by atoms with E-state index in [4.69, 9.17) is 9.47 Å². The Morgan fingerprint density at radius 1 is 1.59 bits per heavy atom. The van der Waals surface area contributed by atoms with Crippen molar-refractivity contribution in [2.45, 2.75) is 25.0 Å². The first-order valence-electron chi connectivity index (χ1n) is 5.35.